The Morgan fingerprint density at radius 3 is 2.29 bits per heavy atom. The van der Waals surface area contributed by atoms with Crippen molar-refractivity contribution in [3.63, 3.8) is 0 Å². The van der Waals surface area contributed by atoms with Crippen molar-refractivity contribution in [1.29, 1.82) is 0 Å². The number of rotatable bonds is 7. The number of nitrogens with one attached hydrogen (secondary N) is 1. The maximum atomic E-state index is 5.82. The van der Waals surface area contributed by atoms with Gasteiger partial charge >= 0.3 is 0 Å². The standard InChI is InChI=1S/C16H23Br2NO2/c1-16(2,3)21-7-6-20-15-13(17)8-11(9-14(15)18)10-19-12-4-5-12/h8-9,12,19H,4-7,10H2,1-3H3. The zero-order valence-electron chi connectivity index (χ0n) is 12.8. The molecule has 3 nitrogen and oxygen atoms in total. The van der Waals surface area contributed by atoms with E-state index in [0.29, 0.717) is 19.3 Å². The van der Waals surface area contributed by atoms with Crippen LogP contribution in [0.5, 0.6) is 5.75 Å². The normalized spacial score (nSPS) is 15.3. The first-order chi connectivity index (χ1) is 9.85. The monoisotopic (exact) mass is 419 g/mol. The molecule has 0 radical (unpaired) electrons. The largest absolute Gasteiger partial charge is 0.489 e. The van der Waals surface area contributed by atoms with Crippen molar-refractivity contribution in [3.8, 4) is 5.75 Å². The molecule has 0 amide bonds. The molecule has 2 rings (SSSR count). The van der Waals surface area contributed by atoms with Crippen LogP contribution in [0.4, 0.5) is 0 Å². The van der Waals surface area contributed by atoms with Gasteiger partial charge in [0.05, 0.1) is 21.2 Å². The van der Waals surface area contributed by atoms with Crippen molar-refractivity contribution in [2.24, 2.45) is 0 Å². The molecule has 1 aromatic rings. The Kier molecular flexibility index (Phi) is 6.12. The minimum atomic E-state index is -0.129. The molecule has 0 aromatic heterocycles. The van der Waals surface area contributed by atoms with Crippen LogP contribution < -0.4 is 10.1 Å². The fraction of sp³-hybridized carbons (Fsp3) is 0.625. The third kappa shape index (κ3) is 6.27. The van der Waals surface area contributed by atoms with E-state index in [1.54, 1.807) is 0 Å². The van der Waals surface area contributed by atoms with Crippen LogP contribution >= 0.6 is 31.9 Å². The number of hydrogen-bond acceptors (Lipinski definition) is 3. The van der Waals surface area contributed by atoms with Crippen LogP contribution in [0.3, 0.4) is 0 Å². The Morgan fingerprint density at radius 1 is 1.14 bits per heavy atom. The number of ether oxygens (including phenoxy) is 2. The Labute approximate surface area is 144 Å². The fourth-order valence-corrected chi connectivity index (χ4v) is 3.40. The Morgan fingerprint density at radius 2 is 1.76 bits per heavy atom. The SMILES string of the molecule is CC(C)(C)OCCOc1c(Br)cc(CNC2CC2)cc1Br. The quantitative estimate of drug-likeness (QED) is 0.650. The van der Waals surface area contributed by atoms with E-state index in [9.17, 15) is 0 Å². The van der Waals surface area contributed by atoms with E-state index in [2.05, 4.69) is 49.3 Å². The summed E-state index contributed by atoms with van der Waals surface area (Å²) in [6, 6.07) is 4.94. The lowest BCUT2D eigenvalue weighted by Crippen LogP contribution is -2.22. The highest BCUT2D eigenvalue weighted by atomic mass is 79.9. The van der Waals surface area contributed by atoms with Crippen molar-refractivity contribution in [1.82, 2.24) is 5.32 Å². The lowest BCUT2D eigenvalue weighted by atomic mass is 10.2. The van der Waals surface area contributed by atoms with Gasteiger partial charge < -0.3 is 14.8 Å². The van der Waals surface area contributed by atoms with E-state index in [-0.39, 0.29) is 5.60 Å². The van der Waals surface area contributed by atoms with Crippen molar-refractivity contribution in [2.75, 3.05) is 13.2 Å². The summed E-state index contributed by atoms with van der Waals surface area (Å²) in [4.78, 5) is 0. The molecule has 0 saturated heterocycles. The summed E-state index contributed by atoms with van der Waals surface area (Å²) in [6.07, 6.45) is 2.61. The van der Waals surface area contributed by atoms with Gasteiger partial charge in [-0.3, -0.25) is 0 Å². The first kappa shape index (κ1) is 17.3. The highest BCUT2D eigenvalue weighted by Crippen LogP contribution is 2.35. The lowest BCUT2D eigenvalue weighted by molar-refractivity contribution is -0.0164. The third-order valence-electron chi connectivity index (χ3n) is 3.10. The van der Waals surface area contributed by atoms with Crippen molar-refractivity contribution >= 4 is 31.9 Å². The van der Waals surface area contributed by atoms with Crippen LogP contribution in [0.1, 0.15) is 39.2 Å². The van der Waals surface area contributed by atoms with Gasteiger partial charge in [0.2, 0.25) is 0 Å². The molecule has 118 valence electrons. The summed E-state index contributed by atoms with van der Waals surface area (Å²) in [6.45, 7) is 8.14. The molecule has 1 fully saturated rings. The molecule has 1 saturated carbocycles. The molecule has 1 N–H and O–H groups in total. The topological polar surface area (TPSA) is 30.5 Å². The second-order valence-electron chi connectivity index (χ2n) is 6.35. The van der Waals surface area contributed by atoms with Gasteiger partial charge in [-0.25, -0.2) is 0 Å². The summed E-state index contributed by atoms with van der Waals surface area (Å²) in [5, 5.41) is 3.51. The average Bonchev–Trinajstić information content (AvgIpc) is 3.17. The second-order valence-corrected chi connectivity index (χ2v) is 8.06. The van der Waals surface area contributed by atoms with Crippen LogP contribution in [0.2, 0.25) is 0 Å². The minimum absolute atomic E-state index is 0.129. The number of benzene rings is 1. The summed E-state index contributed by atoms with van der Waals surface area (Å²) < 4.78 is 13.4. The van der Waals surface area contributed by atoms with Gasteiger partial charge in [0.1, 0.15) is 12.4 Å². The predicted octanol–water partition coefficient (Wildman–Crippen LogP) is 4.66. The summed E-state index contributed by atoms with van der Waals surface area (Å²) in [5.41, 5.74) is 1.12. The Hall–Kier alpha value is -0.100. The number of halogens is 2. The van der Waals surface area contributed by atoms with Crippen LogP contribution in [0, 0.1) is 0 Å². The average molecular weight is 421 g/mol. The summed E-state index contributed by atoms with van der Waals surface area (Å²) >= 11 is 7.18. The van der Waals surface area contributed by atoms with E-state index < -0.39 is 0 Å². The maximum Gasteiger partial charge on any atom is 0.147 e. The van der Waals surface area contributed by atoms with Crippen molar-refractivity contribution in [2.45, 2.75) is 51.8 Å². The zero-order valence-corrected chi connectivity index (χ0v) is 16.0. The predicted molar refractivity (Wildman–Crippen MR) is 92.9 cm³/mol. The molecule has 1 aliphatic rings. The lowest BCUT2D eigenvalue weighted by Gasteiger charge is -2.20. The van der Waals surface area contributed by atoms with E-state index in [1.165, 1.54) is 18.4 Å². The summed E-state index contributed by atoms with van der Waals surface area (Å²) in [5.74, 6) is 0.836. The summed E-state index contributed by atoms with van der Waals surface area (Å²) in [7, 11) is 0. The third-order valence-corrected chi connectivity index (χ3v) is 4.27. The highest BCUT2D eigenvalue weighted by Gasteiger charge is 2.20. The molecule has 0 unspecified atom stereocenters. The molecule has 0 spiro atoms. The van der Waals surface area contributed by atoms with Crippen LogP contribution in [-0.2, 0) is 11.3 Å². The molecule has 1 aromatic carbocycles. The fourth-order valence-electron chi connectivity index (χ4n) is 1.89. The van der Waals surface area contributed by atoms with E-state index in [0.717, 1.165) is 21.2 Å². The zero-order chi connectivity index (χ0) is 15.5. The smallest absolute Gasteiger partial charge is 0.147 e. The van der Waals surface area contributed by atoms with Gasteiger partial charge in [-0.05, 0) is 83.2 Å². The van der Waals surface area contributed by atoms with Gasteiger partial charge in [0, 0.05) is 12.6 Å². The molecule has 0 aliphatic heterocycles. The van der Waals surface area contributed by atoms with Gasteiger partial charge in [0.15, 0.2) is 0 Å². The van der Waals surface area contributed by atoms with Crippen LogP contribution in [0.25, 0.3) is 0 Å². The van der Waals surface area contributed by atoms with Gasteiger partial charge in [-0.15, -0.1) is 0 Å². The molecule has 1 aliphatic carbocycles. The molecule has 21 heavy (non-hydrogen) atoms. The van der Waals surface area contributed by atoms with Gasteiger partial charge in [0.25, 0.3) is 0 Å². The molecular formula is C16H23Br2NO2. The minimum Gasteiger partial charge on any atom is -0.489 e. The first-order valence-electron chi connectivity index (χ1n) is 7.33. The van der Waals surface area contributed by atoms with E-state index in [4.69, 9.17) is 9.47 Å². The van der Waals surface area contributed by atoms with E-state index >= 15 is 0 Å². The highest BCUT2D eigenvalue weighted by molar-refractivity contribution is 9.11. The van der Waals surface area contributed by atoms with E-state index in [1.807, 2.05) is 20.8 Å². The molecule has 0 atom stereocenters. The molecule has 0 bridgehead atoms. The second kappa shape index (κ2) is 7.44. The first-order valence-corrected chi connectivity index (χ1v) is 8.92. The van der Waals surface area contributed by atoms with Crippen LogP contribution in [0.15, 0.2) is 21.1 Å². The molecule has 5 heteroatoms. The van der Waals surface area contributed by atoms with Gasteiger partial charge in [-0.1, -0.05) is 0 Å². The molecular weight excluding hydrogens is 398 g/mol. The van der Waals surface area contributed by atoms with Gasteiger partial charge in [-0.2, -0.15) is 0 Å². The Balaban J connectivity index is 1.86. The van der Waals surface area contributed by atoms with Crippen LogP contribution in [-0.4, -0.2) is 24.9 Å². The van der Waals surface area contributed by atoms with Crippen molar-refractivity contribution < 1.29 is 9.47 Å². The number of hydrogen-bond donors (Lipinski definition) is 1. The Bertz CT molecular complexity index is 459. The maximum absolute atomic E-state index is 5.82. The molecule has 0 heterocycles. The van der Waals surface area contributed by atoms with Crippen molar-refractivity contribution in [3.05, 3.63) is 26.6 Å².